The molecule has 1 aromatic heterocycles. The second-order valence-electron chi connectivity index (χ2n) is 7.25. The first-order valence-electron chi connectivity index (χ1n) is 9.85. The largest absolute Gasteiger partial charge is 0.370 e. The van der Waals surface area contributed by atoms with Crippen molar-refractivity contribution in [1.29, 1.82) is 0 Å². The van der Waals surface area contributed by atoms with Crippen molar-refractivity contribution in [3.63, 3.8) is 0 Å². The van der Waals surface area contributed by atoms with Gasteiger partial charge in [-0.3, -0.25) is 4.79 Å². The third kappa shape index (κ3) is 5.06. The second-order valence-corrected chi connectivity index (χ2v) is 7.25. The number of nitrogens with one attached hydrogen (secondary N) is 1. The highest BCUT2D eigenvalue weighted by molar-refractivity contribution is 5.76. The zero-order chi connectivity index (χ0) is 17.5. The lowest BCUT2D eigenvalue weighted by atomic mass is 9.92. The molecule has 0 aliphatic carbocycles. The summed E-state index contributed by atoms with van der Waals surface area (Å²) in [5.74, 6) is 2.95. The summed E-state index contributed by atoms with van der Waals surface area (Å²) in [6.45, 7) is 7.07. The van der Waals surface area contributed by atoms with Gasteiger partial charge in [0, 0.05) is 45.2 Å². The van der Waals surface area contributed by atoms with Gasteiger partial charge in [-0.15, -0.1) is 0 Å². The van der Waals surface area contributed by atoms with Crippen molar-refractivity contribution in [3.05, 3.63) is 12.4 Å². The number of anilines is 2. The highest BCUT2D eigenvalue weighted by Crippen LogP contribution is 2.26. The van der Waals surface area contributed by atoms with Crippen LogP contribution < -0.4 is 10.2 Å². The summed E-state index contributed by atoms with van der Waals surface area (Å²) in [5, 5.41) is 3.32. The van der Waals surface area contributed by atoms with Gasteiger partial charge in [-0.05, 0) is 44.4 Å². The Morgan fingerprint density at radius 1 is 1.20 bits per heavy atom. The first-order chi connectivity index (χ1) is 12.3. The van der Waals surface area contributed by atoms with Crippen LogP contribution in [0, 0.1) is 5.92 Å². The summed E-state index contributed by atoms with van der Waals surface area (Å²) in [6.07, 6.45) is 9.15. The van der Waals surface area contributed by atoms with Crippen molar-refractivity contribution in [1.82, 2.24) is 14.9 Å². The van der Waals surface area contributed by atoms with Gasteiger partial charge in [0.05, 0.1) is 0 Å². The van der Waals surface area contributed by atoms with Gasteiger partial charge < -0.3 is 15.1 Å². The Kier molecular flexibility index (Phi) is 6.48. The third-order valence-electron chi connectivity index (χ3n) is 5.37. The van der Waals surface area contributed by atoms with E-state index in [-0.39, 0.29) is 0 Å². The SMILES string of the molecule is CCCNc1cc(N2CCC(CCC(=O)N3CCCC3)CC2)ncn1. The molecule has 6 heteroatoms. The minimum atomic E-state index is 0.363. The molecule has 2 saturated heterocycles. The van der Waals surface area contributed by atoms with Gasteiger partial charge in [0.1, 0.15) is 18.0 Å². The van der Waals surface area contributed by atoms with Crippen LogP contribution in [-0.2, 0) is 4.79 Å². The molecule has 1 amide bonds. The summed E-state index contributed by atoms with van der Waals surface area (Å²) in [5.41, 5.74) is 0. The van der Waals surface area contributed by atoms with Crippen molar-refractivity contribution < 1.29 is 4.79 Å². The topological polar surface area (TPSA) is 61.4 Å². The average Bonchev–Trinajstić information content (AvgIpc) is 3.20. The zero-order valence-corrected chi connectivity index (χ0v) is 15.4. The van der Waals surface area contributed by atoms with Gasteiger partial charge in [-0.25, -0.2) is 9.97 Å². The quantitative estimate of drug-likeness (QED) is 0.823. The Labute approximate surface area is 151 Å². The van der Waals surface area contributed by atoms with Crippen molar-refractivity contribution in [2.24, 2.45) is 5.92 Å². The van der Waals surface area contributed by atoms with E-state index in [1.807, 2.05) is 11.0 Å². The molecule has 0 radical (unpaired) electrons. The number of amides is 1. The maximum Gasteiger partial charge on any atom is 0.222 e. The van der Waals surface area contributed by atoms with Crippen LogP contribution in [0.4, 0.5) is 11.6 Å². The molecule has 0 bridgehead atoms. The Hall–Kier alpha value is -1.85. The monoisotopic (exact) mass is 345 g/mol. The molecule has 0 saturated carbocycles. The number of rotatable bonds is 7. The predicted octanol–water partition coefficient (Wildman–Crippen LogP) is 2.92. The van der Waals surface area contributed by atoms with E-state index in [1.165, 1.54) is 12.8 Å². The highest BCUT2D eigenvalue weighted by Gasteiger charge is 2.23. The van der Waals surface area contributed by atoms with Crippen molar-refractivity contribution >= 4 is 17.5 Å². The molecule has 0 spiro atoms. The number of hydrogen-bond acceptors (Lipinski definition) is 5. The molecule has 3 heterocycles. The van der Waals surface area contributed by atoms with E-state index in [0.29, 0.717) is 11.8 Å². The van der Waals surface area contributed by atoms with Crippen molar-refractivity contribution in [2.75, 3.05) is 42.9 Å². The van der Waals surface area contributed by atoms with E-state index in [9.17, 15) is 4.79 Å². The molecule has 138 valence electrons. The Balaban J connectivity index is 1.43. The van der Waals surface area contributed by atoms with Gasteiger partial charge in [-0.1, -0.05) is 6.92 Å². The third-order valence-corrected chi connectivity index (χ3v) is 5.37. The fraction of sp³-hybridized carbons (Fsp3) is 0.737. The van der Waals surface area contributed by atoms with Crippen LogP contribution in [0.1, 0.15) is 51.9 Å². The molecular formula is C19H31N5O. The normalized spacial score (nSPS) is 18.6. The van der Waals surface area contributed by atoms with Gasteiger partial charge in [0.25, 0.3) is 0 Å². The molecule has 0 atom stereocenters. The molecule has 25 heavy (non-hydrogen) atoms. The van der Waals surface area contributed by atoms with Crippen LogP contribution in [0.25, 0.3) is 0 Å². The smallest absolute Gasteiger partial charge is 0.222 e. The lowest BCUT2D eigenvalue weighted by Crippen LogP contribution is -2.35. The van der Waals surface area contributed by atoms with Gasteiger partial charge in [0.15, 0.2) is 0 Å². The van der Waals surface area contributed by atoms with E-state index in [0.717, 1.165) is 76.5 Å². The minimum Gasteiger partial charge on any atom is -0.370 e. The van der Waals surface area contributed by atoms with Crippen LogP contribution in [0.3, 0.4) is 0 Å². The van der Waals surface area contributed by atoms with Crippen molar-refractivity contribution in [2.45, 2.75) is 51.9 Å². The molecule has 2 fully saturated rings. The maximum atomic E-state index is 12.2. The van der Waals surface area contributed by atoms with Gasteiger partial charge in [-0.2, -0.15) is 0 Å². The molecule has 1 N–H and O–H groups in total. The summed E-state index contributed by atoms with van der Waals surface area (Å²) in [7, 11) is 0. The van der Waals surface area contributed by atoms with Crippen LogP contribution >= 0.6 is 0 Å². The first kappa shape index (κ1) is 18.0. The minimum absolute atomic E-state index is 0.363. The molecule has 2 aliphatic heterocycles. The zero-order valence-electron chi connectivity index (χ0n) is 15.4. The average molecular weight is 345 g/mol. The molecule has 0 aromatic carbocycles. The van der Waals surface area contributed by atoms with Crippen LogP contribution in [0.15, 0.2) is 12.4 Å². The van der Waals surface area contributed by atoms with E-state index >= 15 is 0 Å². The summed E-state index contributed by atoms with van der Waals surface area (Å²) < 4.78 is 0. The summed E-state index contributed by atoms with van der Waals surface area (Å²) in [6, 6.07) is 2.05. The van der Waals surface area contributed by atoms with Crippen molar-refractivity contribution in [3.8, 4) is 0 Å². The number of nitrogens with zero attached hydrogens (tertiary/aromatic N) is 4. The van der Waals surface area contributed by atoms with E-state index in [4.69, 9.17) is 0 Å². The van der Waals surface area contributed by atoms with Crippen LogP contribution in [0.5, 0.6) is 0 Å². The van der Waals surface area contributed by atoms with Gasteiger partial charge in [0.2, 0.25) is 5.91 Å². The lowest BCUT2D eigenvalue weighted by Gasteiger charge is -2.33. The number of carbonyl (C=O) groups excluding carboxylic acids is 1. The predicted molar refractivity (Wildman–Crippen MR) is 101 cm³/mol. The first-order valence-corrected chi connectivity index (χ1v) is 9.85. The summed E-state index contributed by atoms with van der Waals surface area (Å²) in [4.78, 5) is 25.3. The lowest BCUT2D eigenvalue weighted by molar-refractivity contribution is -0.130. The number of hydrogen-bond donors (Lipinski definition) is 1. The molecule has 1 aromatic rings. The number of likely N-dealkylation sites (tertiary alicyclic amines) is 1. The highest BCUT2D eigenvalue weighted by atomic mass is 16.2. The number of carbonyl (C=O) groups is 1. The fourth-order valence-electron chi connectivity index (χ4n) is 3.77. The molecule has 0 unspecified atom stereocenters. The number of aromatic nitrogens is 2. The Bertz CT molecular complexity index is 551. The Morgan fingerprint density at radius 3 is 2.68 bits per heavy atom. The molecule has 2 aliphatic rings. The molecule has 6 nitrogen and oxygen atoms in total. The Morgan fingerprint density at radius 2 is 1.96 bits per heavy atom. The van der Waals surface area contributed by atoms with E-state index in [1.54, 1.807) is 6.33 Å². The van der Waals surface area contributed by atoms with Crippen LogP contribution in [0.2, 0.25) is 0 Å². The summed E-state index contributed by atoms with van der Waals surface area (Å²) >= 11 is 0. The van der Waals surface area contributed by atoms with E-state index < -0.39 is 0 Å². The molecular weight excluding hydrogens is 314 g/mol. The molecule has 3 rings (SSSR count). The van der Waals surface area contributed by atoms with Gasteiger partial charge >= 0.3 is 0 Å². The van der Waals surface area contributed by atoms with E-state index in [2.05, 4.69) is 27.1 Å². The fourth-order valence-corrected chi connectivity index (χ4v) is 3.77. The second kappa shape index (κ2) is 9.02. The number of piperidine rings is 1. The standard InChI is InChI=1S/C19H31N5O/c1-2-9-20-17-14-18(22-15-21-17)23-12-7-16(8-13-23)5-6-19(25)24-10-3-4-11-24/h14-16H,2-13H2,1H3,(H,20,21,22). The van der Waals surface area contributed by atoms with Crippen LogP contribution in [-0.4, -0.2) is 53.5 Å². The maximum absolute atomic E-state index is 12.2.